The number of fused-ring (bicyclic) bond motifs is 1. The van der Waals surface area contributed by atoms with Gasteiger partial charge in [-0.25, -0.2) is 0 Å². The van der Waals surface area contributed by atoms with Crippen LogP contribution in [0.3, 0.4) is 0 Å². The van der Waals surface area contributed by atoms with Gasteiger partial charge in [-0.1, -0.05) is 30.3 Å². The maximum atomic E-state index is 11.9. The topological polar surface area (TPSA) is 47.6 Å². The van der Waals surface area contributed by atoms with Gasteiger partial charge in [0, 0.05) is 11.4 Å². The van der Waals surface area contributed by atoms with Gasteiger partial charge in [-0.05, 0) is 30.2 Å². The standard InChI is InChI=1S/C18H19NO3S/c20-18(19-9-8-14-4-2-1-3-5-14)13-23-15-6-7-16-17(12-15)22-11-10-21-16/h1-7,12H,8-11,13H2,(H,19,20). The highest BCUT2D eigenvalue weighted by atomic mass is 32.2. The van der Waals surface area contributed by atoms with Gasteiger partial charge in [-0.15, -0.1) is 11.8 Å². The van der Waals surface area contributed by atoms with Crippen LogP contribution in [0.5, 0.6) is 11.5 Å². The number of benzene rings is 2. The minimum absolute atomic E-state index is 0.0424. The summed E-state index contributed by atoms with van der Waals surface area (Å²) in [6.07, 6.45) is 0.848. The fraction of sp³-hybridized carbons (Fsp3) is 0.278. The number of ether oxygens (including phenoxy) is 2. The highest BCUT2D eigenvalue weighted by Gasteiger charge is 2.12. The molecule has 1 amide bonds. The van der Waals surface area contributed by atoms with E-state index in [0.717, 1.165) is 22.8 Å². The molecule has 2 aromatic rings. The van der Waals surface area contributed by atoms with Gasteiger partial charge in [0.15, 0.2) is 11.5 Å². The summed E-state index contributed by atoms with van der Waals surface area (Å²) >= 11 is 1.50. The van der Waals surface area contributed by atoms with Crippen molar-refractivity contribution in [3.05, 3.63) is 54.1 Å². The molecule has 0 aliphatic carbocycles. The monoisotopic (exact) mass is 329 g/mol. The van der Waals surface area contributed by atoms with Crippen LogP contribution in [-0.4, -0.2) is 31.4 Å². The third kappa shape index (κ3) is 4.66. The summed E-state index contributed by atoms with van der Waals surface area (Å²) in [7, 11) is 0. The smallest absolute Gasteiger partial charge is 0.230 e. The third-order valence-electron chi connectivity index (χ3n) is 3.46. The number of rotatable bonds is 6. The zero-order chi connectivity index (χ0) is 15.9. The summed E-state index contributed by atoms with van der Waals surface area (Å²) < 4.78 is 11.0. The first kappa shape index (κ1) is 15.7. The van der Waals surface area contributed by atoms with E-state index in [2.05, 4.69) is 17.4 Å². The molecular weight excluding hydrogens is 310 g/mol. The molecule has 0 atom stereocenters. The maximum absolute atomic E-state index is 11.9. The van der Waals surface area contributed by atoms with E-state index in [0.29, 0.717) is 25.5 Å². The average molecular weight is 329 g/mol. The lowest BCUT2D eigenvalue weighted by Gasteiger charge is -2.18. The molecule has 5 heteroatoms. The largest absolute Gasteiger partial charge is 0.486 e. The molecular formula is C18H19NO3S. The summed E-state index contributed by atoms with van der Waals surface area (Å²) in [5.41, 5.74) is 1.23. The van der Waals surface area contributed by atoms with Crippen molar-refractivity contribution >= 4 is 17.7 Å². The van der Waals surface area contributed by atoms with Crippen molar-refractivity contribution in [1.82, 2.24) is 5.32 Å². The SMILES string of the molecule is O=C(CSc1ccc2c(c1)OCCO2)NCCc1ccccc1. The molecule has 1 heterocycles. The Morgan fingerprint density at radius 1 is 1.04 bits per heavy atom. The van der Waals surface area contributed by atoms with Crippen LogP contribution in [0.2, 0.25) is 0 Å². The number of hydrogen-bond acceptors (Lipinski definition) is 4. The Morgan fingerprint density at radius 3 is 2.65 bits per heavy atom. The van der Waals surface area contributed by atoms with Gasteiger partial charge in [0.25, 0.3) is 0 Å². The van der Waals surface area contributed by atoms with Crippen molar-refractivity contribution in [2.75, 3.05) is 25.5 Å². The zero-order valence-electron chi connectivity index (χ0n) is 12.8. The van der Waals surface area contributed by atoms with Crippen LogP contribution >= 0.6 is 11.8 Å². The van der Waals surface area contributed by atoms with Crippen molar-refractivity contribution < 1.29 is 14.3 Å². The van der Waals surface area contributed by atoms with Gasteiger partial charge in [0.05, 0.1) is 5.75 Å². The molecule has 1 N–H and O–H groups in total. The molecule has 2 aromatic carbocycles. The molecule has 0 unspecified atom stereocenters. The molecule has 0 saturated carbocycles. The Balaban J connectivity index is 1.42. The van der Waals surface area contributed by atoms with Crippen molar-refractivity contribution in [1.29, 1.82) is 0 Å². The summed E-state index contributed by atoms with van der Waals surface area (Å²) in [4.78, 5) is 12.9. The molecule has 1 aliphatic rings. The molecule has 0 spiro atoms. The van der Waals surface area contributed by atoms with Crippen LogP contribution in [0, 0.1) is 0 Å². The van der Waals surface area contributed by atoms with E-state index in [1.807, 2.05) is 36.4 Å². The van der Waals surface area contributed by atoms with Crippen LogP contribution < -0.4 is 14.8 Å². The predicted octanol–water partition coefficient (Wildman–Crippen LogP) is 2.91. The van der Waals surface area contributed by atoms with Crippen molar-refractivity contribution in [3.63, 3.8) is 0 Å². The van der Waals surface area contributed by atoms with Gasteiger partial charge in [-0.3, -0.25) is 4.79 Å². The molecule has 3 rings (SSSR count). The first-order valence-corrected chi connectivity index (χ1v) is 8.63. The molecule has 0 radical (unpaired) electrons. The van der Waals surface area contributed by atoms with Gasteiger partial charge in [0.2, 0.25) is 5.91 Å². The second-order valence-corrected chi connectivity index (χ2v) is 6.23. The van der Waals surface area contributed by atoms with Crippen LogP contribution in [-0.2, 0) is 11.2 Å². The van der Waals surface area contributed by atoms with E-state index in [4.69, 9.17) is 9.47 Å². The van der Waals surface area contributed by atoms with Gasteiger partial charge in [-0.2, -0.15) is 0 Å². The van der Waals surface area contributed by atoms with Crippen molar-refractivity contribution in [2.45, 2.75) is 11.3 Å². The number of amides is 1. The number of hydrogen-bond donors (Lipinski definition) is 1. The molecule has 1 aliphatic heterocycles. The number of nitrogens with one attached hydrogen (secondary N) is 1. The van der Waals surface area contributed by atoms with Gasteiger partial charge >= 0.3 is 0 Å². The average Bonchev–Trinajstić information content (AvgIpc) is 2.61. The second kappa shape index (κ2) is 7.92. The lowest BCUT2D eigenvalue weighted by Crippen LogP contribution is -2.27. The van der Waals surface area contributed by atoms with E-state index in [-0.39, 0.29) is 5.91 Å². The number of carbonyl (C=O) groups excluding carboxylic acids is 1. The Labute approximate surface area is 140 Å². The van der Waals surface area contributed by atoms with Crippen LogP contribution in [0.15, 0.2) is 53.4 Å². The van der Waals surface area contributed by atoms with E-state index in [1.54, 1.807) is 0 Å². The van der Waals surface area contributed by atoms with Crippen molar-refractivity contribution in [2.24, 2.45) is 0 Å². The molecule has 4 nitrogen and oxygen atoms in total. The fourth-order valence-corrected chi connectivity index (χ4v) is 3.06. The molecule has 0 saturated heterocycles. The summed E-state index contributed by atoms with van der Waals surface area (Å²) in [6, 6.07) is 15.9. The second-order valence-electron chi connectivity index (χ2n) is 5.18. The number of carbonyl (C=O) groups is 1. The third-order valence-corrected chi connectivity index (χ3v) is 4.46. The number of thioether (sulfide) groups is 1. The molecule has 0 fully saturated rings. The summed E-state index contributed by atoms with van der Waals surface area (Å²) in [5, 5.41) is 2.95. The van der Waals surface area contributed by atoms with Gasteiger partial charge < -0.3 is 14.8 Å². The normalized spacial score (nSPS) is 12.7. The highest BCUT2D eigenvalue weighted by Crippen LogP contribution is 2.34. The minimum Gasteiger partial charge on any atom is -0.486 e. The molecule has 23 heavy (non-hydrogen) atoms. The van der Waals surface area contributed by atoms with Crippen LogP contribution in [0.1, 0.15) is 5.56 Å². The van der Waals surface area contributed by atoms with Crippen LogP contribution in [0.4, 0.5) is 0 Å². The fourth-order valence-electron chi connectivity index (χ4n) is 2.30. The van der Waals surface area contributed by atoms with E-state index in [1.165, 1.54) is 17.3 Å². The molecule has 0 bridgehead atoms. The first-order chi connectivity index (χ1) is 11.3. The van der Waals surface area contributed by atoms with E-state index in [9.17, 15) is 4.79 Å². The highest BCUT2D eigenvalue weighted by molar-refractivity contribution is 8.00. The summed E-state index contributed by atoms with van der Waals surface area (Å²) in [6.45, 7) is 1.81. The maximum Gasteiger partial charge on any atom is 0.230 e. The molecule has 120 valence electrons. The lowest BCUT2D eigenvalue weighted by atomic mass is 10.1. The zero-order valence-corrected chi connectivity index (χ0v) is 13.6. The van der Waals surface area contributed by atoms with E-state index >= 15 is 0 Å². The van der Waals surface area contributed by atoms with Gasteiger partial charge in [0.1, 0.15) is 13.2 Å². The minimum atomic E-state index is 0.0424. The Kier molecular flexibility index (Phi) is 5.42. The Bertz CT molecular complexity index is 661. The first-order valence-electron chi connectivity index (χ1n) is 7.64. The molecule has 0 aromatic heterocycles. The lowest BCUT2D eigenvalue weighted by molar-refractivity contribution is -0.118. The predicted molar refractivity (Wildman–Crippen MR) is 91.3 cm³/mol. The summed E-state index contributed by atoms with van der Waals surface area (Å²) in [5.74, 6) is 1.97. The quantitative estimate of drug-likeness (QED) is 0.828. The Morgan fingerprint density at radius 2 is 1.83 bits per heavy atom. The van der Waals surface area contributed by atoms with Crippen LogP contribution in [0.25, 0.3) is 0 Å². The van der Waals surface area contributed by atoms with Crippen molar-refractivity contribution in [3.8, 4) is 11.5 Å². The Hall–Kier alpha value is -2.14. The van der Waals surface area contributed by atoms with E-state index < -0.39 is 0 Å².